The Bertz CT molecular complexity index is 170. The van der Waals surface area contributed by atoms with Crippen LogP contribution in [0.5, 0.6) is 0 Å². The van der Waals surface area contributed by atoms with E-state index >= 15 is 0 Å². The molecule has 50 valence electrons. The van der Waals surface area contributed by atoms with Crippen LogP contribution >= 0.6 is 0 Å². The lowest BCUT2D eigenvalue weighted by Gasteiger charge is -2.00. The van der Waals surface area contributed by atoms with Crippen LogP contribution in [-0.2, 0) is 11.1 Å². The Hall–Kier alpha value is -0.670. The van der Waals surface area contributed by atoms with Gasteiger partial charge < -0.3 is 4.55 Å². The molecule has 0 aromatic rings. The van der Waals surface area contributed by atoms with Gasteiger partial charge in [0.1, 0.15) is 0 Å². The van der Waals surface area contributed by atoms with Crippen LogP contribution in [0.2, 0.25) is 0 Å². The Morgan fingerprint density at radius 3 is 2.56 bits per heavy atom. The maximum atomic E-state index is 10.0. The van der Waals surface area contributed by atoms with E-state index < -0.39 is 11.1 Å². The van der Waals surface area contributed by atoms with E-state index in [0.29, 0.717) is 0 Å². The molecule has 0 spiro atoms. The van der Waals surface area contributed by atoms with Gasteiger partial charge in [0.05, 0.1) is 0 Å². The van der Waals surface area contributed by atoms with Gasteiger partial charge in [-0.1, -0.05) is 25.3 Å². The highest BCUT2D eigenvalue weighted by molar-refractivity contribution is 7.83. The maximum absolute atomic E-state index is 10.0. The van der Waals surface area contributed by atoms with Crippen molar-refractivity contribution in [3.05, 3.63) is 36.3 Å². The molecule has 0 heterocycles. The lowest BCUT2D eigenvalue weighted by atomic mass is 10.5. The highest BCUT2D eigenvalue weighted by Gasteiger charge is 1.81. The molecule has 0 N–H and O–H groups in total. The third-order valence-electron chi connectivity index (χ3n) is 0.632. The fourth-order valence-electron chi connectivity index (χ4n) is 0.231. The predicted octanol–water partition coefficient (Wildman–Crippen LogP) is 1.12. The summed E-state index contributed by atoms with van der Waals surface area (Å²) in [5, 5.41) is 0. The first-order valence-electron chi connectivity index (χ1n) is 2.25. The second kappa shape index (κ2) is 4.23. The van der Waals surface area contributed by atoms with Gasteiger partial charge in [-0.25, -0.2) is 0 Å². The first kappa shape index (κ1) is 8.33. The molecule has 0 saturated carbocycles. The smallest absolute Gasteiger partial charge is 0.0176 e. The zero-order valence-corrected chi connectivity index (χ0v) is 5.69. The van der Waals surface area contributed by atoms with Crippen LogP contribution in [0.3, 0.4) is 0 Å². The minimum absolute atomic E-state index is 0.0647. The van der Waals surface area contributed by atoms with E-state index in [1.807, 2.05) is 0 Å². The fraction of sp³-hybridized carbons (Fsp3) is 0. The molecule has 0 aromatic heterocycles. The minimum atomic E-state index is -2.19. The van der Waals surface area contributed by atoms with E-state index in [-0.39, 0.29) is 4.91 Å². The summed E-state index contributed by atoms with van der Waals surface area (Å²) in [5.74, 6) is 0. The summed E-state index contributed by atoms with van der Waals surface area (Å²) in [5.41, 5.74) is 0. The normalized spacial score (nSPS) is 13.4. The van der Waals surface area contributed by atoms with Crippen molar-refractivity contribution in [3.8, 4) is 0 Å². The van der Waals surface area contributed by atoms with E-state index in [9.17, 15) is 8.76 Å². The van der Waals surface area contributed by atoms with Crippen LogP contribution in [0.4, 0.5) is 0 Å². The third-order valence-corrected chi connectivity index (χ3v) is 1.20. The lowest BCUT2D eigenvalue weighted by molar-refractivity contribution is 0.544. The van der Waals surface area contributed by atoms with E-state index in [2.05, 4.69) is 13.2 Å². The van der Waals surface area contributed by atoms with E-state index in [0.717, 1.165) is 0 Å². The number of allylic oxidation sites excluding steroid dienone is 3. The summed E-state index contributed by atoms with van der Waals surface area (Å²) in [6.45, 7) is 6.61. The van der Waals surface area contributed by atoms with Crippen molar-refractivity contribution in [1.29, 1.82) is 0 Å². The van der Waals surface area contributed by atoms with Gasteiger partial charge in [-0.2, -0.15) is 0 Å². The zero-order chi connectivity index (χ0) is 7.28. The Morgan fingerprint density at radius 1 is 1.67 bits per heavy atom. The average molecular weight is 143 g/mol. The van der Waals surface area contributed by atoms with Crippen LogP contribution in [0.15, 0.2) is 36.3 Å². The van der Waals surface area contributed by atoms with Gasteiger partial charge in [0.25, 0.3) is 0 Å². The van der Waals surface area contributed by atoms with Gasteiger partial charge in [-0.15, -0.1) is 0 Å². The molecule has 1 atom stereocenters. The van der Waals surface area contributed by atoms with Crippen molar-refractivity contribution in [1.82, 2.24) is 0 Å². The SMILES string of the molecule is C=CC=CC(=C)S(=O)[O-]. The van der Waals surface area contributed by atoms with Gasteiger partial charge in [-0.3, -0.25) is 4.21 Å². The summed E-state index contributed by atoms with van der Waals surface area (Å²) in [7, 11) is 0. The van der Waals surface area contributed by atoms with Crippen molar-refractivity contribution in [2.45, 2.75) is 0 Å². The van der Waals surface area contributed by atoms with Gasteiger partial charge >= 0.3 is 0 Å². The number of hydrogen-bond acceptors (Lipinski definition) is 2. The van der Waals surface area contributed by atoms with Crippen molar-refractivity contribution < 1.29 is 8.76 Å². The molecule has 3 heteroatoms. The molecular weight excluding hydrogens is 136 g/mol. The van der Waals surface area contributed by atoms with Crippen LogP contribution in [-0.4, -0.2) is 8.76 Å². The van der Waals surface area contributed by atoms with Crippen molar-refractivity contribution in [3.63, 3.8) is 0 Å². The second-order valence-electron chi connectivity index (χ2n) is 1.30. The van der Waals surface area contributed by atoms with E-state index in [1.165, 1.54) is 18.2 Å². The Labute approximate surface area is 56.9 Å². The summed E-state index contributed by atoms with van der Waals surface area (Å²) in [6.07, 6.45) is 4.37. The largest absolute Gasteiger partial charge is 0.768 e. The van der Waals surface area contributed by atoms with Crippen molar-refractivity contribution in [2.75, 3.05) is 0 Å². The van der Waals surface area contributed by atoms with Gasteiger partial charge in [0.15, 0.2) is 0 Å². The molecule has 0 aliphatic heterocycles. The highest BCUT2D eigenvalue weighted by atomic mass is 32.2. The van der Waals surface area contributed by atoms with Gasteiger partial charge in [-0.05, 0) is 17.2 Å². The summed E-state index contributed by atoms with van der Waals surface area (Å²) >= 11 is -2.19. The van der Waals surface area contributed by atoms with E-state index in [1.54, 1.807) is 0 Å². The molecule has 1 unspecified atom stereocenters. The third kappa shape index (κ3) is 3.88. The monoisotopic (exact) mass is 143 g/mol. The van der Waals surface area contributed by atoms with Crippen molar-refractivity contribution in [2.24, 2.45) is 0 Å². The molecule has 2 nitrogen and oxygen atoms in total. The van der Waals surface area contributed by atoms with E-state index in [4.69, 9.17) is 0 Å². The maximum Gasteiger partial charge on any atom is 0.0176 e. The Morgan fingerprint density at radius 2 is 2.22 bits per heavy atom. The number of hydrogen-bond donors (Lipinski definition) is 0. The molecule has 0 amide bonds. The summed E-state index contributed by atoms with van der Waals surface area (Å²) < 4.78 is 20.0. The predicted molar refractivity (Wildman–Crippen MR) is 37.4 cm³/mol. The molecule has 0 aliphatic rings. The van der Waals surface area contributed by atoms with Crippen LogP contribution < -0.4 is 0 Å². The fourth-order valence-corrected chi connectivity index (χ4v) is 0.421. The molecule has 0 radical (unpaired) electrons. The molecule has 0 aliphatic carbocycles. The van der Waals surface area contributed by atoms with Gasteiger partial charge in [0, 0.05) is 4.91 Å². The Balaban J connectivity index is 3.92. The van der Waals surface area contributed by atoms with Gasteiger partial charge in [0.2, 0.25) is 0 Å². The minimum Gasteiger partial charge on any atom is -0.768 e. The standard InChI is InChI=1S/C6H8O2S/c1-3-4-5-6(2)9(7)8/h3-5H,1-2H2,(H,7,8)/p-1. The second-order valence-corrected chi connectivity index (χ2v) is 2.29. The summed E-state index contributed by atoms with van der Waals surface area (Å²) in [4.78, 5) is 0.0647. The highest BCUT2D eigenvalue weighted by Crippen LogP contribution is 1.95. The van der Waals surface area contributed by atoms with Crippen LogP contribution in [0.25, 0.3) is 0 Å². The summed E-state index contributed by atoms with van der Waals surface area (Å²) in [6, 6.07) is 0. The first-order valence-corrected chi connectivity index (χ1v) is 3.33. The topological polar surface area (TPSA) is 40.1 Å². The molecular formula is C6H7O2S-. The molecule has 9 heavy (non-hydrogen) atoms. The quantitative estimate of drug-likeness (QED) is 0.438. The van der Waals surface area contributed by atoms with Crippen molar-refractivity contribution >= 4 is 11.1 Å². The average Bonchev–Trinajstić information content (AvgIpc) is 1.82. The molecule has 0 saturated heterocycles. The molecule has 0 aromatic carbocycles. The zero-order valence-electron chi connectivity index (χ0n) is 4.87. The molecule has 0 rings (SSSR count). The molecule has 0 fully saturated rings. The van der Waals surface area contributed by atoms with Crippen LogP contribution in [0, 0.1) is 0 Å². The van der Waals surface area contributed by atoms with Crippen LogP contribution in [0.1, 0.15) is 0 Å². The molecule has 0 bridgehead atoms. The Kier molecular flexibility index (Phi) is 3.92. The lowest BCUT2D eigenvalue weighted by Crippen LogP contribution is -1.85. The first-order chi connectivity index (χ1) is 4.18. The number of rotatable bonds is 3.